The maximum absolute atomic E-state index is 13.3. The van der Waals surface area contributed by atoms with Crippen LogP contribution in [0.2, 0.25) is 5.02 Å². The molecule has 2 unspecified atom stereocenters. The molecular weight excluding hydrogens is 374 g/mol. The number of morpholine rings is 1. The van der Waals surface area contributed by atoms with E-state index in [0.717, 1.165) is 11.3 Å². The van der Waals surface area contributed by atoms with Gasteiger partial charge in [-0.25, -0.2) is 0 Å². The molecule has 2 aromatic rings. The van der Waals surface area contributed by atoms with Gasteiger partial charge in [0.2, 0.25) is 5.91 Å². The molecule has 146 valence electrons. The smallest absolute Gasteiger partial charge is 0.244 e. The molecule has 1 aliphatic heterocycles. The molecule has 3 rings (SSSR count). The third-order valence-corrected chi connectivity index (χ3v) is 5.28. The maximum atomic E-state index is 13.3. The number of nitrogens with zero attached hydrogens (tertiary/aromatic N) is 3. The Bertz CT molecular complexity index is 820. The van der Waals surface area contributed by atoms with Crippen LogP contribution in [0.1, 0.15) is 25.0 Å². The van der Waals surface area contributed by atoms with E-state index in [4.69, 9.17) is 21.6 Å². The number of amides is 1. The van der Waals surface area contributed by atoms with Crippen LogP contribution in [0.25, 0.3) is 0 Å². The van der Waals surface area contributed by atoms with Crippen LogP contribution in [0.15, 0.2) is 54.6 Å². The summed E-state index contributed by atoms with van der Waals surface area (Å²) in [6, 6.07) is 19.0. The Hall–Kier alpha value is -2.39. The maximum Gasteiger partial charge on any atom is 0.244 e. The number of carbonyl (C=O) groups excluding carboxylic acids is 1. The lowest BCUT2D eigenvalue weighted by atomic mass is 10.1. The van der Waals surface area contributed by atoms with Gasteiger partial charge in [0.15, 0.2) is 0 Å². The van der Waals surface area contributed by atoms with Crippen molar-refractivity contribution >= 4 is 23.2 Å². The van der Waals surface area contributed by atoms with Crippen molar-refractivity contribution in [2.24, 2.45) is 0 Å². The molecule has 0 aromatic heterocycles. The van der Waals surface area contributed by atoms with E-state index in [9.17, 15) is 4.79 Å². The topological polar surface area (TPSA) is 56.6 Å². The Labute approximate surface area is 171 Å². The molecule has 0 radical (unpaired) electrons. The Morgan fingerprint density at radius 1 is 1.29 bits per heavy atom. The van der Waals surface area contributed by atoms with Crippen molar-refractivity contribution in [2.45, 2.75) is 25.5 Å². The molecule has 0 bridgehead atoms. The number of rotatable bonds is 6. The van der Waals surface area contributed by atoms with Gasteiger partial charge in [0.25, 0.3) is 0 Å². The van der Waals surface area contributed by atoms with Crippen molar-refractivity contribution in [1.29, 1.82) is 5.26 Å². The normalized spacial score (nSPS) is 18.2. The van der Waals surface area contributed by atoms with Gasteiger partial charge in [-0.2, -0.15) is 5.26 Å². The summed E-state index contributed by atoms with van der Waals surface area (Å²) in [4.78, 5) is 17.1. The molecule has 1 aliphatic rings. The second-order valence-corrected chi connectivity index (χ2v) is 7.25. The number of hydrogen-bond donors (Lipinski definition) is 0. The highest BCUT2D eigenvalue weighted by molar-refractivity contribution is 6.30. The molecule has 0 spiro atoms. The monoisotopic (exact) mass is 397 g/mol. The minimum atomic E-state index is -0.308. The van der Waals surface area contributed by atoms with Crippen LogP contribution in [0.3, 0.4) is 0 Å². The SMILES string of the molecule is CC(C(=O)N(CCC#N)c1ccccc1)N1CCOC(c2ccc(Cl)cc2)C1. The summed E-state index contributed by atoms with van der Waals surface area (Å²) in [7, 11) is 0. The number of halogens is 1. The lowest BCUT2D eigenvalue weighted by molar-refractivity contribution is -0.126. The molecule has 5 nitrogen and oxygen atoms in total. The van der Waals surface area contributed by atoms with Gasteiger partial charge in [-0.1, -0.05) is 41.9 Å². The van der Waals surface area contributed by atoms with Gasteiger partial charge in [-0.05, 0) is 36.8 Å². The summed E-state index contributed by atoms with van der Waals surface area (Å²) in [5, 5.41) is 9.68. The second kappa shape index (κ2) is 9.70. The van der Waals surface area contributed by atoms with Crippen molar-refractivity contribution in [3.05, 3.63) is 65.2 Å². The molecule has 1 fully saturated rings. The van der Waals surface area contributed by atoms with E-state index in [0.29, 0.717) is 37.7 Å². The fraction of sp³-hybridized carbons (Fsp3) is 0.364. The summed E-state index contributed by atoms with van der Waals surface area (Å²) in [5.41, 5.74) is 1.87. The summed E-state index contributed by atoms with van der Waals surface area (Å²) in [6.45, 7) is 4.20. The molecule has 28 heavy (non-hydrogen) atoms. The average molecular weight is 398 g/mol. The third-order valence-electron chi connectivity index (χ3n) is 5.03. The lowest BCUT2D eigenvalue weighted by Gasteiger charge is -2.38. The molecule has 6 heteroatoms. The molecule has 2 aromatic carbocycles. The van der Waals surface area contributed by atoms with E-state index in [-0.39, 0.29) is 18.1 Å². The third kappa shape index (κ3) is 4.90. The number of nitriles is 1. The molecular formula is C22H24ClN3O2. The van der Waals surface area contributed by atoms with Gasteiger partial charge >= 0.3 is 0 Å². The fourth-order valence-corrected chi connectivity index (χ4v) is 3.54. The average Bonchev–Trinajstić information content (AvgIpc) is 2.74. The fourth-order valence-electron chi connectivity index (χ4n) is 3.42. The molecule has 0 aliphatic carbocycles. The van der Waals surface area contributed by atoms with Crippen LogP contribution in [-0.2, 0) is 9.53 Å². The van der Waals surface area contributed by atoms with Gasteiger partial charge < -0.3 is 9.64 Å². The molecule has 1 heterocycles. The zero-order valence-electron chi connectivity index (χ0n) is 15.9. The van der Waals surface area contributed by atoms with Crippen molar-refractivity contribution in [1.82, 2.24) is 4.90 Å². The Balaban J connectivity index is 1.73. The number of ether oxygens (including phenoxy) is 1. The zero-order valence-corrected chi connectivity index (χ0v) is 16.7. The summed E-state index contributed by atoms with van der Waals surface area (Å²) < 4.78 is 5.92. The number of hydrogen-bond acceptors (Lipinski definition) is 4. The quantitative estimate of drug-likeness (QED) is 0.737. The number of benzene rings is 2. The number of anilines is 1. The highest BCUT2D eigenvalue weighted by Crippen LogP contribution is 2.26. The Kier molecular flexibility index (Phi) is 7.05. The zero-order chi connectivity index (χ0) is 19.9. The van der Waals surface area contributed by atoms with Crippen LogP contribution in [0.4, 0.5) is 5.69 Å². The first kappa shape index (κ1) is 20.3. The van der Waals surface area contributed by atoms with E-state index < -0.39 is 0 Å². The highest BCUT2D eigenvalue weighted by atomic mass is 35.5. The Morgan fingerprint density at radius 2 is 2.00 bits per heavy atom. The van der Waals surface area contributed by atoms with E-state index in [2.05, 4.69) is 11.0 Å². The van der Waals surface area contributed by atoms with E-state index in [1.807, 2.05) is 61.5 Å². The van der Waals surface area contributed by atoms with Crippen molar-refractivity contribution in [3.8, 4) is 6.07 Å². The minimum Gasteiger partial charge on any atom is -0.371 e. The largest absolute Gasteiger partial charge is 0.371 e. The molecule has 1 amide bonds. The van der Waals surface area contributed by atoms with Gasteiger partial charge in [-0.15, -0.1) is 0 Å². The highest BCUT2D eigenvalue weighted by Gasteiger charge is 2.31. The molecule has 2 atom stereocenters. The summed E-state index contributed by atoms with van der Waals surface area (Å²) >= 11 is 5.98. The van der Waals surface area contributed by atoms with Gasteiger partial charge in [0.05, 0.1) is 31.2 Å². The van der Waals surface area contributed by atoms with Crippen LogP contribution < -0.4 is 4.90 Å². The lowest BCUT2D eigenvalue weighted by Crippen LogP contribution is -2.51. The standard InChI is InChI=1S/C22H24ClN3O2/c1-17(22(27)26(13-5-12-24)20-6-3-2-4-7-20)25-14-15-28-21(16-25)18-8-10-19(23)11-9-18/h2-4,6-11,17,21H,5,13-16H2,1H3. The van der Waals surface area contributed by atoms with Crippen molar-refractivity contribution < 1.29 is 9.53 Å². The summed E-state index contributed by atoms with van der Waals surface area (Å²) in [5.74, 6) is -0.00166. The van der Waals surface area contributed by atoms with E-state index >= 15 is 0 Å². The van der Waals surface area contributed by atoms with Crippen LogP contribution in [0.5, 0.6) is 0 Å². The first-order valence-electron chi connectivity index (χ1n) is 9.44. The number of para-hydroxylation sites is 1. The number of carbonyl (C=O) groups is 1. The second-order valence-electron chi connectivity index (χ2n) is 6.82. The van der Waals surface area contributed by atoms with Crippen molar-refractivity contribution in [3.63, 3.8) is 0 Å². The molecule has 1 saturated heterocycles. The van der Waals surface area contributed by atoms with Crippen LogP contribution >= 0.6 is 11.6 Å². The first-order valence-corrected chi connectivity index (χ1v) is 9.82. The molecule has 0 N–H and O–H groups in total. The van der Waals surface area contributed by atoms with Gasteiger partial charge in [0, 0.05) is 30.3 Å². The van der Waals surface area contributed by atoms with Crippen molar-refractivity contribution in [2.75, 3.05) is 31.1 Å². The predicted molar refractivity (Wildman–Crippen MR) is 110 cm³/mol. The predicted octanol–water partition coefficient (Wildman–Crippen LogP) is 4.05. The van der Waals surface area contributed by atoms with Gasteiger partial charge in [0.1, 0.15) is 0 Å². The van der Waals surface area contributed by atoms with E-state index in [1.54, 1.807) is 4.90 Å². The minimum absolute atomic E-state index is 0.00166. The van der Waals surface area contributed by atoms with Gasteiger partial charge in [-0.3, -0.25) is 9.69 Å². The van der Waals surface area contributed by atoms with Crippen LogP contribution in [0, 0.1) is 11.3 Å². The molecule has 0 saturated carbocycles. The Morgan fingerprint density at radius 3 is 2.68 bits per heavy atom. The summed E-state index contributed by atoms with van der Waals surface area (Å²) in [6.07, 6.45) is 0.203. The van der Waals surface area contributed by atoms with E-state index in [1.165, 1.54) is 0 Å². The van der Waals surface area contributed by atoms with Crippen LogP contribution in [-0.4, -0.2) is 43.1 Å². The first-order chi connectivity index (χ1) is 13.6.